The molecule has 0 aliphatic heterocycles. The molecule has 122 valence electrons. The molecule has 0 unspecified atom stereocenters. The van der Waals surface area contributed by atoms with Gasteiger partial charge in [-0.25, -0.2) is 4.98 Å². The first kappa shape index (κ1) is 15.9. The fourth-order valence-corrected chi connectivity index (χ4v) is 2.71. The van der Waals surface area contributed by atoms with E-state index in [0.29, 0.717) is 5.82 Å². The number of amides is 1. The maximum atomic E-state index is 12.7. The van der Waals surface area contributed by atoms with Gasteiger partial charge in [0.25, 0.3) is 0 Å². The lowest BCUT2D eigenvalue weighted by Crippen LogP contribution is -2.21. The number of hydrogen-bond acceptors (Lipinski definition) is 3. The Morgan fingerprint density at radius 1 is 1.12 bits per heavy atom. The van der Waals surface area contributed by atoms with Crippen LogP contribution in [0.3, 0.4) is 0 Å². The van der Waals surface area contributed by atoms with Gasteiger partial charge >= 0.3 is 0 Å². The summed E-state index contributed by atoms with van der Waals surface area (Å²) in [6.45, 7) is 0. The van der Waals surface area contributed by atoms with Gasteiger partial charge in [-0.1, -0.05) is 36.4 Å². The molecule has 1 atom stereocenters. The Morgan fingerprint density at radius 3 is 2.67 bits per heavy atom. The molecule has 0 spiro atoms. The number of pyridine rings is 1. The van der Waals surface area contributed by atoms with Crippen molar-refractivity contribution in [2.75, 3.05) is 5.32 Å². The number of benzene rings is 1. The summed E-state index contributed by atoms with van der Waals surface area (Å²) in [4.78, 5) is 16.8. The van der Waals surface area contributed by atoms with Gasteiger partial charge in [-0.3, -0.25) is 9.89 Å². The van der Waals surface area contributed by atoms with Crippen molar-refractivity contribution in [3.05, 3.63) is 78.2 Å². The van der Waals surface area contributed by atoms with Crippen LogP contribution in [0, 0.1) is 0 Å². The van der Waals surface area contributed by atoms with E-state index in [0.717, 1.165) is 24.8 Å². The molecule has 0 aliphatic rings. The number of aryl methyl sites for hydroxylation is 1. The summed E-state index contributed by atoms with van der Waals surface area (Å²) in [5, 5.41) is 9.66. The lowest BCUT2D eigenvalue weighted by atomic mass is 9.94. The lowest BCUT2D eigenvalue weighted by molar-refractivity contribution is -0.117. The number of nitrogens with one attached hydrogen (secondary N) is 2. The molecule has 24 heavy (non-hydrogen) atoms. The second kappa shape index (κ2) is 8.06. The van der Waals surface area contributed by atoms with Crippen molar-refractivity contribution >= 4 is 11.7 Å². The smallest absolute Gasteiger partial charge is 0.233 e. The highest BCUT2D eigenvalue weighted by Crippen LogP contribution is 2.23. The van der Waals surface area contributed by atoms with Crippen LogP contribution in [0.25, 0.3) is 0 Å². The van der Waals surface area contributed by atoms with Crippen molar-refractivity contribution < 1.29 is 4.79 Å². The van der Waals surface area contributed by atoms with E-state index in [1.807, 2.05) is 30.3 Å². The number of H-pyrrole nitrogens is 1. The van der Waals surface area contributed by atoms with Crippen molar-refractivity contribution in [2.24, 2.45) is 0 Å². The molecule has 1 amide bonds. The Hall–Kier alpha value is -2.95. The third-order valence-electron chi connectivity index (χ3n) is 3.96. The predicted molar refractivity (Wildman–Crippen MR) is 93.6 cm³/mol. The van der Waals surface area contributed by atoms with Crippen LogP contribution >= 0.6 is 0 Å². The largest absolute Gasteiger partial charge is 0.310 e. The summed E-state index contributed by atoms with van der Waals surface area (Å²) in [5.74, 6) is 0.275. The van der Waals surface area contributed by atoms with Crippen LogP contribution in [-0.4, -0.2) is 21.1 Å². The lowest BCUT2D eigenvalue weighted by Gasteiger charge is -2.15. The Balaban J connectivity index is 1.64. The van der Waals surface area contributed by atoms with Crippen molar-refractivity contribution in [3.8, 4) is 0 Å². The summed E-state index contributed by atoms with van der Waals surface area (Å²) in [7, 11) is 0. The summed E-state index contributed by atoms with van der Waals surface area (Å²) in [6.07, 6.45) is 7.79. The molecule has 1 aromatic carbocycles. The normalized spacial score (nSPS) is 11.8. The van der Waals surface area contributed by atoms with Gasteiger partial charge in [0.2, 0.25) is 5.91 Å². The summed E-state index contributed by atoms with van der Waals surface area (Å²) in [6, 6.07) is 15.8. The molecule has 0 aliphatic carbocycles. The van der Waals surface area contributed by atoms with Crippen LogP contribution in [0.2, 0.25) is 0 Å². The van der Waals surface area contributed by atoms with E-state index < -0.39 is 0 Å². The van der Waals surface area contributed by atoms with Crippen LogP contribution < -0.4 is 5.32 Å². The van der Waals surface area contributed by atoms with Gasteiger partial charge < -0.3 is 5.32 Å². The van der Waals surface area contributed by atoms with Gasteiger partial charge in [-0.15, -0.1) is 0 Å². The number of nitrogens with zero attached hydrogens (tertiary/aromatic N) is 2. The second-order valence-electron chi connectivity index (χ2n) is 5.67. The highest BCUT2D eigenvalue weighted by molar-refractivity contribution is 5.95. The molecular weight excluding hydrogens is 300 g/mol. The Kier molecular flexibility index (Phi) is 5.35. The fraction of sp³-hybridized carbons (Fsp3) is 0.211. The molecule has 0 saturated heterocycles. The number of carbonyl (C=O) groups excluding carboxylic acids is 1. The van der Waals surface area contributed by atoms with Crippen LogP contribution in [0.15, 0.2) is 67.1 Å². The molecule has 3 rings (SSSR count). The first-order valence-electron chi connectivity index (χ1n) is 8.07. The van der Waals surface area contributed by atoms with E-state index in [1.54, 1.807) is 24.7 Å². The first-order valence-corrected chi connectivity index (χ1v) is 8.07. The summed E-state index contributed by atoms with van der Waals surface area (Å²) >= 11 is 0. The van der Waals surface area contributed by atoms with E-state index in [-0.39, 0.29) is 11.8 Å². The topological polar surface area (TPSA) is 70.7 Å². The Morgan fingerprint density at radius 2 is 1.96 bits per heavy atom. The van der Waals surface area contributed by atoms with Gasteiger partial charge in [-0.05, 0) is 37.0 Å². The standard InChI is InChI=1S/C19H20N4O/c24-19(23-18-11-4-5-12-20-18)17(16-13-21-22-14-16)10-6-9-15-7-2-1-3-8-15/h1-5,7-8,11-14,17H,6,9-10H2,(H,21,22)(H,20,23,24)/t17-/m0/s1. The van der Waals surface area contributed by atoms with Gasteiger partial charge in [-0.2, -0.15) is 5.10 Å². The molecular formula is C19H20N4O. The highest BCUT2D eigenvalue weighted by Gasteiger charge is 2.21. The molecule has 2 N–H and O–H groups in total. The van der Waals surface area contributed by atoms with Crippen LogP contribution in [-0.2, 0) is 11.2 Å². The van der Waals surface area contributed by atoms with Gasteiger partial charge in [0.15, 0.2) is 0 Å². The average Bonchev–Trinajstić information content (AvgIpc) is 3.14. The minimum atomic E-state index is -0.241. The van der Waals surface area contributed by atoms with E-state index in [4.69, 9.17) is 0 Å². The number of aromatic amines is 1. The van der Waals surface area contributed by atoms with E-state index in [1.165, 1.54) is 5.56 Å². The van der Waals surface area contributed by atoms with Gasteiger partial charge in [0.1, 0.15) is 5.82 Å². The average molecular weight is 320 g/mol. The van der Waals surface area contributed by atoms with Crippen LogP contribution in [0.4, 0.5) is 5.82 Å². The minimum Gasteiger partial charge on any atom is -0.310 e. The predicted octanol–water partition coefficient (Wildman–Crippen LogP) is 3.55. The maximum absolute atomic E-state index is 12.7. The van der Waals surface area contributed by atoms with E-state index in [9.17, 15) is 4.79 Å². The number of aromatic nitrogens is 3. The molecule has 3 aromatic rings. The molecule has 5 nitrogen and oxygen atoms in total. The van der Waals surface area contributed by atoms with Crippen molar-refractivity contribution in [1.29, 1.82) is 0 Å². The molecule has 2 heterocycles. The van der Waals surface area contributed by atoms with E-state index >= 15 is 0 Å². The Labute approximate surface area is 141 Å². The van der Waals surface area contributed by atoms with Gasteiger partial charge in [0, 0.05) is 18.0 Å². The highest BCUT2D eigenvalue weighted by atomic mass is 16.1. The second-order valence-corrected chi connectivity index (χ2v) is 5.67. The van der Waals surface area contributed by atoms with Gasteiger partial charge in [0.05, 0.1) is 12.1 Å². The van der Waals surface area contributed by atoms with Crippen LogP contribution in [0.1, 0.15) is 29.9 Å². The zero-order valence-electron chi connectivity index (χ0n) is 13.4. The monoisotopic (exact) mass is 320 g/mol. The first-order chi connectivity index (χ1) is 11.8. The number of anilines is 1. The van der Waals surface area contributed by atoms with Crippen molar-refractivity contribution in [1.82, 2.24) is 15.2 Å². The fourth-order valence-electron chi connectivity index (χ4n) is 2.71. The van der Waals surface area contributed by atoms with Crippen LogP contribution in [0.5, 0.6) is 0 Å². The van der Waals surface area contributed by atoms with E-state index in [2.05, 4.69) is 32.6 Å². The SMILES string of the molecule is O=C(Nc1ccccn1)[C@@H](CCCc1ccccc1)c1cn[nH]c1. The number of rotatable bonds is 7. The minimum absolute atomic E-state index is 0.0526. The molecule has 0 radical (unpaired) electrons. The maximum Gasteiger partial charge on any atom is 0.233 e. The molecule has 2 aromatic heterocycles. The summed E-state index contributed by atoms with van der Waals surface area (Å²) < 4.78 is 0. The molecule has 5 heteroatoms. The molecule has 0 fully saturated rings. The molecule has 0 saturated carbocycles. The number of carbonyl (C=O) groups is 1. The van der Waals surface area contributed by atoms with Crippen molar-refractivity contribution in [3.63, 3.8) is 0 Å². The van der Waals surface area contributed by atoms with Crippen molar-refractivity contribution in [2.45, 2.75) is 25.2 Å². The Bertz CT molecular complexity index is 742. The third-order valence-corrected chi connectivity index (χ3v) is 3.96. The quantitative estimate of drug-likeness (QED) is 0.699. The third kappa shape index (κ3) is 4.29. The zero-order chi connectivity index (χ0) is 16.6. The number of hydrogen-bond donors (Lipinski definition) is 2. The molecule has 0 bridgehead atoms. The summed E-state index contributed by atoms with van der Waals surface area (Å²) in [5.41, 5.74) is 2.19. The zero-order valence-corrected chi connectivity index (χ0v) is 13.4.